The van der Waals surface area contributed by atoms with Crippen LogP contribution in [0.4, 0.5) is 5.13 Å². The number of hydrogen-bond acceptors (Lipinski definition) is 5. The first-order valence-electron chi connectivity index (χ1n) is 8.27. The lowest BCUT2D eigenvalue weighted by molar-refractivity contribution is -0.119. The molecular formula is C19H17N3O3S. The zero-order valence-electron chi connectivity index (χ0n) is 14.1. The Morgan fingerprint density at radius 3 is 3.08 bits per heavy atom. The third-order valence-corrected chi connectivity index (χ3v) is 5.40. The molecule has 1 aromatic carbocycles. The van der Waals surface area contributed by atoms with Crippen molar-refractivity contribution in [1.29, 1.82) is 0 Å². The number of nitrogens with zero attached hydrogens (tertiary/aromatic N) is 2. The van der Waals surface area contributed by atoms with Crippen LogP contribution in [0.2, 0.25) is 0 Å². The van der Waals surface area contributed by atoms with Crippen molar-refractivity contribution in [2.75, 3.05) is 12.4 Å². The molecule has 4 rings (SSSR count). The van der Waals surface area contributed by atoms with Crippen LogP contribution in [0.15, 0.2) is 48.8 Å². The van der Waals surface area contributed by atoms with Gasteiger partial charge in [-0.1, -0.05) is 23.5 Å². The number of anilines is 1. The standard InChI is InChI=1S/C19H17N3O3S/c1-25-13-5-2-4-12(10-13)17-11-20-19(26-17)21-18(24)15-7-8-16(23)14-6-3-9-22(14)15/h2-6,9-11,15H,7-8H2,1H3,(H,20,21,24). The summed E-state index contributed by atoms with van der Waals surface area (Å²) in [6.45, 7) is 0. The first-order chi connectivity index (χ1) is 12.7. The minimum absolute atomic E-state index is 0.0774. The molecule has 1 amide bonds. The van der Waals surface area contributed by atoms with Crippen LogP contribution in [0, 0.1) is 0 Å². The molecule has 132 valence electrons. The van der Waals surface area contributed by atoms with Crippen molar-refractivity contribution < 1.29 is 14.3 Å². The lowest BCUT2D eigenvalue weighted by Gasteiger charge is -2.24. The van der Waals surface area contributed by atoms with Gasteiger partial charge in [-0.3, -0.25) is 9.59 Å². The SMILES string of the molecule is COc1cccc(-c2cnc(NC(=O)C3CCC(=O)c4cccn43)s2)c1. The first-order valence-corrected chi connectivity index (χ1v) is 9.08. The second-order valence-electron chi connectivity index (χ2n) is 6.03. The van der Waals surface area contributed by atoms with E-state index in [0.29, 0.717) is 23.7 Å². The fraction of sp³-hybridized carbons (Fsp3) is 0.211. The van der Waals surface area contributed by atoms with Gasteiger partial charge < -0.3 is 14.6 Å². The summed E-state index contributed by atoms with van der Waals surface area (Å²) < 4.78 is 6.99. The van der Waals surface area contributed by atoms with Crippen molar-refractivity contribution in [3.63, 3.8) is 0 Å². The van der Waals surface area contributed by atoms with Gasteiger partial charge in [-0.15, -0.1) is 0 Å². The van der Waals surface area contributed by atoms with Crippen LogP contribution in [0.25, 0.3) is 10.4 Å². The summed E-state index contributed by atoms with van der Waals surface area (Å²) in [6, 6.07) is 10.9. The molecule has 7 heteroatoms. The predicted molar refractivity (Wildman–Crippen MR) is 99.8 cm³/mol. The highest BCUT2D eigenvalue weighted by Crippen LogP contribution is 2.32. The van der Waals surface area contributed by atoms with Crippen molar-refractivity contribution in [3.8, 4) is 16.2 Å². The molecule has 1 N–H and O–H groups in total. The Hall–Kier alpha value is -2.93. The number of carbonyl (C=O) groups is 2. The summed E-state index contributed by atoms with van der Waals surface area (Å²) in [5, 5.41) is 3.42. The van der Waals surface area contributed by atoms with Crippen LogP contribution in [-0.2, 0) is 4.79 Å². The van der Waals surface area contributed by atoms with Crippen LogP contribution in [0.3, 0.4) is 0 Å². The monoisotopic (exact) mass is 367 g/mol. The van der Waals surface area contributed by atoms with E-state index < -0.39 is 0 Å². The Morgan fingerprint density at radius 2 is 2.23 bits per heavy atom. The zero-order valence-corrected chi connectivity index (χ0v) is 15.0. The van der Waals surface area contributed by atoms with Gasteiger partial charge in [0.1, 0.15) is 11.8 Å². The topological polar surface area (TPSA) is 73.2 Å². The summed E-state index contributed by atoms with van der Waals surface area (Å²) in [6.07, 6.45) is 4.40. The molecule has 1 aliphatic rings. The van der Waals surface area contributed by atoms with Gasteiger partial charge in [-0.25, -0.2) is 4.98 Å². The quantitative estimate of drug-likeness (QED) is 0.762. The number of ketones is 1. The van der Waals surface area contributed by atoms with E-state index >= 15 is 0 Å². The molecule has 0 radical (unpaired) electrons. The largest absolute Gasteiger partial charge is 0.497 e. The first kappa shape index (κ1) is 16.5. The number of rotatable bonds is 4. The molecule has 1 atom stereocenters. The number of carbonyl (C=O) groups excluding carboxylic acids is 2. The van der Waals surface area contributed by atoms with Gasteiger partial charge in [0.25, 0.3) is 0 Å². The second kappa shape index (κ2) is 6.76. The third-order valence-electron chi connectivity index (χ3n) is 4.44. The van der Waals surface area contributed by atoms with E-state index in [4.69, 9.17) is 4.74 Å². The molecule has 3 aromatic rings. The Kier molecular flexibility index (Phi) is 4.30. The van der Waals surface area contributed by atoms with Crippen LogP contribution in [-0.4, -0.2) is 28.4 Å². The number of amides is 1. The van der Waals surface area contributed by atoms with E-state index in [1.165, 1.54) is 11.3 Å². The second-order valence-corrected chi connectivity index (χ2v) is 7.06. The molecule has 6 nitrogen and oxygen atoms in total. The van der Waals surface area contributed by atoms with Gasteiger partial charge in [0, 0.05) is 18.8 Å². The molecule has 0 saturated carbocycles. The Morgan fingerprint density at radius 1 is 1.35 bits per heavy atom. The summed E-state index contributed by atoms with van der Waals surface area (Å²) in [5.41, 5.74) is 1.57. The van der Waals surface area contributed by atoms with E-state index in [1.807, 2.05) is 24.3 Å². The highest BCUT2D eigenvalue weighted by atomic mass is 32.1. The molecule has 2 aromatic heterocycles. The number of Topliss-reactive ketones (excluding diaryl/α,β-unsaturated/α-hetero) is 1. The van der Waals surface area contributed by atoms with Crippen molar-refractivity contribution in [1.82, 2.24) is 9.55 Å². The minimum Gasteiger partial charge on any atom is -0.497 e. The summed E-state index contributed by atoms with van der Waals surface area (Å²) in [7, 11) is 1.63. The molecule has 26 heavy (non-hydrogen) atoms. The number of ether oxygens (including phenoxy) is 1. The van der Waals surface area contributed by atoms with Gasteiger partial charge in [0.05, 0.1) is 17.7 Å². The number of benzene rings is 1. The summed E-state index contributed by atoms with van der Waals surface area (Å²) in [4.78, 5) is 29.9. The molecule has 0 fully saturated rings. The number of hydrogen-bond donors (Lipinski definition) is 1. The number of methoxy groups -OCH3 is 1. The Bertz CT molecular complexity index is 976. The summed E-state index contributed by atoms with van der Waals surface area (Å²) >= 11 is 1.41. The highest BCUT2D eigenvalue weighted by molar-refractivity contribution is 7.19. The zero-order chi connectivity index (χ0) is 18.1. The van der Waals surface area contributed by atoms with Crippen molar-refractivity contribution in [2.45, 2.75) is 18.9 Å². The molecular weight excluding hydrogens is 350 g/mol. The van der Waals surface area contributed by atoms with E-state index in [9.17, 15) is 9.59 Å². The van der Waals surface area contributed by atoms with E-state index in [-0.39, 0.29) is 17.7 Å². The van der Waals surface area contributed by atoms with Crippen molar-refractivity contribution in [3.05, 3.63) is 54.5 Å². The van der Waals surface area contributed by atoms with Gasteiger partial charge in [-0.2, -0.15) is 0 Å². The average molecular weight is 367 g/mol. The van der Waals surface area contributed by atoms with E-state index in [0.717, 1.165) is 16.2 Å². The third kappa shape index (κ3) is 3.01. The molecule has 1 unspecified atom stereocenters. The number of thiazole rings is 1. The van der Waals surface area contributed by atoms with Gasteiger partial charge in [0.2, 0.25) is 5.91 Å². The maximum absolute atomic E-state index is 12.7. The predicted octanol–water partition coefficient (Wildman–Crippen LogP) is 3.78. The fourth-order valence-electron chi connectivity index (χ4n) is 3.12. The van der Waals surface area contributed by atoms with E-state index in [2.05, 4.69) is 10.3 Å². The Labute approximate surface area is 154 Å². The molecule has 0 aliphatic carbocycles. The lowest BCUT2D eigenvalue weighted by Crippen LogP contribution is -2.31. The molecule has 0 saturated heterocycles. The lowest BCUT2D eigenvalue weighted by atomic mass is 10.0. The normalized spacial score (nSPS) is 16.2. The molecule has 0 spiro atoms. The van der Waals surface area contributed by atoms with Crippen LogP contribution in [0.1, 0.15) is 29.4 Å². The molecule has 1 aliphatic heterocycles. The molecule has 3 heterocycles. The maximum atomic E-state index is 12.7. The number of fused-ring (bicyclic) bond motifs is 1. The number of nitrogens with one attached hydrogen (secondary N) is 1. The molecule has 0 bridgehead atoms. The summed E-state index contributed by atoms with van der Waals surface area (Å²) in [5.74, 6) is 0.698. The Balaban J connectivity index is 1.52. The van der Waals surface area contributed by atoms with Crippen molar-refractivity contribution in [2.24, 2.45) is 0 Å². The van der Waals surface area contributed by atoms with Crippen molar-refractivity contribution >= 4 is 28.2 Å². The number of aromatic nitrogens is 2. The maximum Gasteiger partial charge on any atom is 0.249 e. The van der Waals surface area contributed by atoms with Crippen LogP contribution >= 0.6 is 11.3 Å². The highest BCUT2D eigenvalue weighted by Gasteiger charge is 2.29. The van der Waals surface area contributed by atoms with Crippen LogP contribution in [0.5, 0.6) is 5.75 Å². The minimum atomic E-state index is -0.387. The van der Waals surface area contributed by atoms with E-state index in [1.54, 1.807) is 36.2 Å². The van der Waals surface area contributed by atoms with Gasteiger partial charge in [0.15, 0.2) is 10.9 Å². The van der Waals surface area contributed by atoms with Gasteiger partial charge in [-0.05, 0) is 36.2 Å². The fourth-order valence-corrected chi connectivity index (χ4v) is 3.94. The average Bonchev–Trinajstić information content (AvgIpc) is 3.32. The van der Waals surface area contributed by atoms with Crippen LogP contribution < -0.4 is 10.1 Å². The smallest absolute Gasteiger partial charge is 0.249 e. The van der Waals surface area contributed by atoms with Gasteiger partial charge >= 0.3 is 0 Å².